The van der Waals surface area contributed by atoms with Crippen molar-refractivity contribution in [3.8, 4) is 5.75 Å². The molecule has 0 radical (unpaired) electrons. The highest BCUT2D eigenvalue weighted by molar-refractivity contribution is 7.92. The summed E-state index contributed by atoms with van der Waals surface area (Å²) >= 11 is 0. The molecule has 0 bridgehead atoms. The Balaban J connectivity index is 0.000000638. The number of hydrogen-bond donors (Lipinski definition) is 3. The molecule has 3 rings (SSSR count). The summed E-state index contributed by atoms with van der Waals surface area (Å²) in [7, 11) is -2.12. The maximum Gasteiger partial charge on any atom is 0.490 e. The van der Waals surface area contributed by atoms with Crippen LogP contribution in [0.2, 0.25) is 0 Å². The lowest BCUT2D eigenvalue weighted by atomic mass is 10.1. The van der Waals surface area contributed by atoms with Crippen molar-refractivity contribution < 1.29 is 46.1 Å². The largest absolute Gasteiger partial charge is 0.494 e. The highest BCUT2D eigenvalue weighted by Crippen LogP contribution is 2.30. The van der Waals surface area contributed by atoms with Crippen LogP contribution in [0.4, 0.5) is 24.5 Å². The first-order chi connectivity index (χ1) is 17.7. The van der Waals surface area contributed by atoms with Gasteiger partial charge in [0, 0.05) is 13.6 Å². The van der Waals surface area contributed by atoms with Gasteiger partial charge in [0.15, 0.2) is 0 Å². The SMILES string of the molecule is CCOc1ccc(S(=O)(=O)Nc2cc(C(=O)O)ccc2N(C)Cc2ccccc2)cc1.O=C(O)C(F)(F)F. The molecule has 0 saturated carbocycles. The molecule has 0 spiro atoms. The van der Waals surface area contributed by atoms with Crippen LogP contribution in [0.15, 0.2) is 77.7 Å². The van der Waals surface area contributed by atoms with Crippen LogP contribution in [0.1, 0.15) is 22.8 Å². The Morgan fingerprint density at radius 1 is 0.974 bits per heavy atom. The van der Waals surface area contributed by atoms with E-state index in [-0.39, 0.29) is 16.1 Å². The minimum Gasteiger partial charge on any atom is -0.494 e. The van der Waals surface area contributed by atoms with Gasteiger partial charge in [0.25, 0.3) is 10.0 Å². The summed E-state index contributed by atoms with van der Waals surface area (Å²) in [5.74, 6) is -3.33. The second kappa shape index (κ2) is 12.8. The van der Waals surface area contributed by atoms with E-state index in [1.54, 1.807) is 18.2 Å². The summed E-state index contributed by atoms with van der Waals surface area (Å²) in [5, 5.41) is 16.5. The summed E-state index contributed by atoms with van der Waals surface area (Å²) in [6, 6.07) is 20.1. The van der Waals surface area contributed by atoms with E-state index >= 15 is 0 Å². The van der Waals surface area contributed by atoms with Crippen LogP contribution in [0.25, 0.3) is 0 Å². The Kier molecular flexibility index (Phi) is 10.1. The van der Waals surface area contributed by atoms with Crippen LogP contribution in [-0.2, 0) is 21.4 Å². The monoisotopic (exact) mass is 554 g/mol. The lowest BCUT2D eigenvalue weighted by Crippen LogP contribution is -2.21. The molecule has 0 amide bonds. The topological polar surface area (TPSA) is 133 Å². The fourth-order valence-corrected chi connectivity index (χ4v) is 4.18. The number of carboxylic acids is 2. The quantitative estimate of drug-likeness (QED) is 0.342. The minimum absolute atomic E-state index is 0.0127. The molecule has 204 valence electrons. The number of hydrogen-bond acceptors (Lipinski definition) is 6. The van der Waals surface area contributed by atoms with Crippen LogP contribution in [0.5, 0.6) is 5.75 Å². The number of rotatable bonds is 9. The Morgan fingerprint density at radius 3 is 2.05 bits per heavy atom. The molecule has 0 aromatic heterocycles. The third-order valence-corrected chi connectivity index (χ3v) is 6.23. The highest BCUT2D eigenvalue weighted by Gasteiger charge is 2.38. The molecule has 3 N–H and O–H groups in total. The van der Waals surface area contributed by atoms with Gasteiger partial charge in [0.1, 0.15) is 5.75 Å². The number of nitrogens with one attached hydrogen (secondary N) is 1. The number of nitrogens with zero attached hydrogens (tertiary/aromatic N) is 1. The number of halogens is 3. The van der Waals surface area contributed by atoms with Crippen molar-refractivity contribution in [2.24, 2.45) is 0 Å². The zero-order valence-corrected chi connectivity index (χ0v) is 21.1. The van der Waals surface area contributed by atoms with E-state index in [1.165, 1.54) is 24.3 Å². The summed E-state index contributed by atoms with van der Waals surface area (Å²) < 4.78 is 65.6. The Labute approximate surface area is 217 Å². The molecule has 3 aromatic rings. The molecular weight excluding hydrogens is 529 g/mol. The van der Waals surface area contributed by atoms with Gasteiger partial charge in [0.05, 0.1) is 28.4 Å². The Morgan fingerprint density at radius 2 is 1.55 bits per heavy atom. The average Bonchev–Trinajstić information content (AvgIpc) is 2.84. The Bertz CT molecular complexity index is 1350. The van der Waals surface area contributed by atoms with Crippen LogP contribution >= 0.6 is 0 Å². The van der Waals surface area contributed by atoms with E-state index in [4.69, 9.17) is 14.6 Å². The van der Waals surface area contributed by atoms with E-state index in [0.717, 1.165) is 5.56 Å². The number of aromatic carboxylic acids is 1. The fourth-order valence-electron chi connectivity index (χ4n) is 3.11. The highest BCUT2D eigenvalue weighted by atomic mass is 32.2. The average molecular weight is 555 g/mol. The molecule has 0 saturated heterocycles. The number of alkyl halides is 3. The van der Waals surface area contributed by atoms with Gasteiger partial charge in [-0.05, 0) is 55.0 Å². The predicted molar refractivity (Wildman–Crippen MR) is 134 cm³/mol. The third kappa shape index (κ3) is 8.69. The van der Waals surface area contributed by atoms with E-state index in [9.17, 15) is 31.5 Å². The van der Waals surface area contributed by atoms with Crippen LogP contribution in [0, 0.1) is 0 Å². The minimum atomic E-state index is -5.08. The third-order valence-electron chi connectivity index (χ3n) is 4.85. The molecule has 13 heteroatoms. The first kappa shape index (κ1) is 30.0. The first-order valence-electron chi connectivity index (χ1n) is 10.9. The number of benzene rings is 3. The zero-order valence-electron chi connectivity index (χ0n) is 20.3. The number of aliphatic carboxylic acids is 1. The van der Waals surface area contributed by atoms with Gasteiger partial charge < -0.3 is 19.8 Å². The molecule has 0 aliphatic carbocycles. The van der Waals surface area contributed by atoms with Gasteiger partial charge >= 0.3 is 18.1 Å². The molecule has 0 unspecified atom stereocenters. The molecule has 0 atom stereocenters. The summed E-state index contributed by atoms with van der Waals surface area (Å²) in [4.78, 5) is 22.3. The molecule has 3 aromatic carbocycles. The second-order valence-electron chi connectivity index (χ2n) is 7.69. The molecular formula is C25H25F3N2O7S. The van der Waals surface area contributed by atoms with Crippen molar-refractivity contribution in [2.75, 3.05) is 23.3 Å². The van der Waals surface area contributed by atoms with E-state index in [2.05, 4.69) is 4.72 Å². The van der Waals surface area contributed by atoms with E-state index in [1.807, 2.05) is 49.2 Å². The lowest BCUT2D eigenvalue weighted by Gasteiger charge is -2.23. The second-order valence-corrected chi connectivity index (χ2v) is 9.37. The molecule has 0 aliphatic rings. The lowest BCUT2D eigenvalue weighted by molar-refractivity contribution is -0.192. The zero-order chi connectivity index (χ0) is 28.5. The smallest absolute Gasteiger partial charge is 0.490 e. The van der Waals surface area contributed by atoms with Gasteiger partial charge in [-0.25, -0.2) is 18.0 Å². The fraction of sp³-hybridized carbons (Fsp3) is 0.200. The predicted octanol–water partition coefficient (Wildman–Crippen LogP) is 4.85. The molecule has 38 heavy (non-hydrogen) atoms. The van der Waals surface area contributed by atoms with Crippen molar-refractivity contribution in [1.82, 2.24) is 0 Å². The van der Waals surface area contributed by atoms with E-state index < -0.39 is 28.1 Å². The summed E-state index contributed by atoms with van der Waals surface area (Å²) in [5.41, 5.74) is 1.77. The number of ether oxygens (including phenoxy) is 1. The number of anilines is 2. The van der Waals surface area contributed by atoms with Crippen molar-refractivity contribution in [3.05, 3.63) is 83.9 Å². The van der Waals surface area contributed by atoms with Crippen LogP contribution in [-0.4, -0.2) is 50.4 Å². The normalized spacial score (nSPS) is 11.1. The number of sulfonamides is 1. The maximum absolute atomic E-state index is 13.0. The van der Waals surface area contributed by atoms with Crippen LogP contribution < -0.4 is 14.4 Å². The molecule has 0 heterocycles. The Hall–Kier alpha value is -4.26. The molecule has 0 aliphatic heterocycles. The molecule has 9 nitrogen and oxygen atoms in total. The standard InChI is InChI=1S/C23H24N2O5S.C2HF3O2/c1-3-30-19-10-12-20(13-11-19)31(28,29)24-21-15-18(23(26)27)9-14-22(21)25(2)16-17-7-5-4-6-8-17;3-2(4,5)1(6)7/h4-15,24H,3,16H2,1-2H3,(H,26,27);(H,6,7). The number of carbonyl (C=O) groups is 2. The first-order valence-corrected chi connectivity index (χ1v) is 12.4. The van der Waals surface area contributed by atoms with Gasteiger partial charge in [0.2, 0.25) is 0 Å². The van der Waals surface area contributed by atoms with Gasteiger partial charge in [-0.1, -0.05) is 30.3 Å². The molecule has 0 fully saturated rings. The van der Waals surface area contributed by atoms with Crippen molar-refractivity contribution in [3.63, 3.8) is 0 Å². The van der Waals surface area contributed by atoms with Crippen molar-refractivity contribution >= 4 is 33.3 Å². The number of carboxylic acid groups (broad SMARTS) is 2. The van der Waals surface area contributed by atoms with Crippen molar-refractivity contribution in [2.45, 2.75) is 24.5 Å². The van der Waals surface area contributed by atoms with Gasteiger partial charge in [-0.2, -0.15) is 13.2 Å². The van der Waals surface area contributed by atoms with Gasteiger partial charge in [-0.15, -0.1) is 0 Å². The van der Waals surface area contributed by atoms with E-state index in [0.29, 0.717) is 24.6 Å². The van der Waals surface area contributed by atoms with Crippen molar-refractivity contribution in [1.29, 1.82) is 0 Å². The van der Waals surface area contributed by atoms with Gasteiger partial charge in [-0.3, -0.25) is 4.72 Å². The van der Waals surface area contributed by atoms with Crippen LogP contribution in [0.3, 0.4) is 0 Å². The summed E-state index contributed by atoms with van der Waals surface area (Å²) in [6.45, 7) is 2.84. The maximum atomic E-state index is 13.0. The summed E-state index contributed by atoms with van der Waals surface area (Å²) in [6.07, 6.45) is -5.08.